The van der Waals surface area contributed by atoms with Gasteiger partial charge in [-0.05, 0) is 53.6 Å². The van der Waals surface area contributed by atoms with Crippen LogP contribution in [0.25, 0.3) is 0 Å². The van der Waals surface area contributed by atoms with Crippen molar-refractivity contribution in [1.82, 2.24) is 5.32 Å². The Labute approximate surface area is 174 Å². The van der Waals surface area contributed by atoms with Gasteiger partial charge < -0.3 is 25.1 Å². The quantitative estimate of drug-likeness (QED) is 0.392. The Morgan fingerprint density at radius 3 is 2.30 bits per heavy atom. The van der Waals surface area contributed by atoms with Crippen molar-refractivity contribution in [1.29, 1.82) is 0 Å². The van der Waals surface area contributed by atoms with E-state index in [1.165, 1.54) is 18.7 Å². The van der Waals surface area contributed by atoms with Crippen molar-refractivity contribution in [2.45, 2.75) is 37.7 Å². The van der Waals surface area contributed by atoms with Gasteiger partial charge in [0.05, 0.1) is 0 Å². The fourth-order valence-corrected chi connectivity index (χ4v) is 3.26. The molecule has 0 aliphatic carbocycles. The lowest BCUT2D eigenvalue weighted by atomic mass is 10.1. The predicted octanol–water partition coefficient (Wildman–Crippen LogP) is 2.53. The molecule has 1 amide bonds. The van der Waals surface area contributed by atoms with Gasteiger partial charge in [0.15, 0.2) is 0 Å². The van der Waals surface area contributed by atoms with Crippen LogP contribution in [0.5, 0.6) is 0 Å². The van der Waals surface area contributed by atoms with E-state index in [1.54, 1.807) is 0 Å². The smallest absolute Gasteiger partial charge is 0.408 e. The fraction of sp³-hybridized carbons (Fsp3) is 0.412. The molecule has 0 unspecified atom stereocenters. The average molecular weight is 505 g/mol. The first-order chi connectivity index (χ1) is 12.7. The van der Waals surface area contributed by atoms with Crippen LogP contribution in [-0.4, -0.2) is 51.9 Å². The van der Waals surface area contributed by atoms with Gasteiger partial charge in [0.1, 0.15) is 11.8 Å². The largest absolute Gasteiger partial charge is 0.480 e. The first-order valence-electron chi connectivity index (χ1n) is 7.93. The minimum atomic E-state index is -1.42. The number of rotatable bonds is 11. The van der Waals surface area contributed by atoms with Gasteiger partial charge >= 0.3 is 18.0 Å². The number of halogens is 1. The fourth-order valence-electron chi connectivity index (χ4n) is 1.93. The summed E-state index contributed by atoms with van der Waals surface area (Å²) in [5.41, 5.74) is 1.00. The maximum atomic E-state index is 11.8. The number of ketones is 1. The molecule has 0 heterocycles. The SMILES string of the molecule is CC(=O)CC[C@H](NC(=O)O[C@@H](CSCc1ccc([123I])cc1)C(=O)O)C(=O)O. The molecule has 10 heteroatoms. The highest BCUT2D eigenvalue weighted by Crippen LogP contribution is 2.16. The zero-order valence-electron chi connectivity index (χ0n) is 14.5. The first kappa shape index (κ1) is 23.2. The van der Waals surface area contributed by atoms with Crippen LogP contribution in [-0.2, 0) is 24.9 Å². The molecule has 0 aromatic heterocycles. The average Bonchev–Trinajstić information content (AvgIpc) is 2.58. The molecule has 3 N–H and O–H groups in total. The van der Waals surface area contributed by atoms with Crippen molar-refractivity contribution in [2.24, 2.45) is 0 Å². The second kappa shape index (κ2) is 11.8. The van der Waals surface area contributed by atoms with Crippen molar-refractivity contribution in [3.05, 3.63) is 33.4 Å². The third-order valence-electron chi connectivity index (χ3n) is 3.35. The van der Waals surface area contributed by atoms with E-state index in [9.17, 15) is 24.3 Å². The third-order valence-corrected chi connectivity index (χ3v) is 5.15. The molecule has 0 aliphatic rings. The number of carboxylic acid groups (broad SMARTS) is 2. The maximum absolute atomic E-state index is 11.8. The summed E-state index contributed by atoms with van der Waals surface area (Å²) >= 11 is 3.46. The van der Waals surface area contributed by atoms with Crippen LogP contribution >= 0.6 is 34.4 Å². The lowest BCUT2D eigenvalue weighted by molar-refractivity contribution is -0.145. The minimum Gasteiger partial charge on any atom is -0.480 e. The molecule has 1 aromatic rings. The Morgan fingerprint density at radius 1 is 1.15 bits per heavy atom. The predicted molar refractivity (Wildman–Crippen MR) is 108 cm³/mol. The summed E-state index contributed by atoms with van der Waals surface area (Å²) in [6.07, 6.45) is -2.68. The van der Waals surface area contributed by atoms with E-state index in [0.717, 1.165) is 9.13 Å². The second-order valence-corrected chi connectivity index (χ2v) is 7.93. The number of Topliss-reactive ketones (excluding diaryl/α,β-unsaturated/α-hetero) is 1. The molecule has 0 radical (unpaired) electrons. The number of carbonyl (C=O) groups excluding carboxylic acids is 2. The third kappa shape index (κ3) is 9.61. The summed E-state index contributed by atoms with van der Waals surface area (Å²) in [4.78, 5) is 45.2. The topological polar surface area (TPSA) is 130 Å². The van der Waals surface area contributed by atoms with Crippen molar-refractivity contribution < 1.29 is 34.1 Å². The zero-order valence-corrected chi connectivity index (χ0v) is 17.5. The van der Waals surface area contributed by atoms with Gasteiger partial charge in [0, 0.05) is 21.5 Å². The van der Waals surface area contributed by atoms with Crippen LogP contribution in [0.1, 0.15) is 25.3 Å². The highest BCUT2D eigenvalue weighted by atomic mass is 123. The normalized spacial score (nSPS) is 12.7. The van der Waals surface area contributed by atoms with Crippen LogP contribution in [0.15, 0.2) is 24.3 Å². The van der Waals surface area contributed by atoms with E-state index in [4.69, 9.17) is 9.84 Å². The summed E-state index contributed by atoms with van der Waals surface area (Å²) in [5.74, 6) is -2.31. The van der Waals surface area contributed by atoms with E-state index in [0.29, 0.717) is 5.75 Å². The molecule has 8 nitrogen and oxygen atoms in total. The summed E-state index contributed by atoms with van der Waals surface area (Å²) in [6.45, 7) is 1.31. The number of amides is 1. The summed E-state index contributed by atoms with van der Waals surface area (Å²) < 4.78 is 5.92. The lowest BCUT2D eigenvalue weighted by Gasteiger charge is -2.17. The van der Waals surface area contributed by atoms with E-state index in [1.807, 2.05) is 24.3 Å². The number of alkyl carbamates (subject to hydrolysis) is 1. The first-order valence-corrected chi connectivity index (χ1v) is 10.2. The molecule has 0 spiro atoms. The number of carboxylic acids is 2. The Morgan fingerprint density at radius 2 is 1.78 bits per heavy atom. The molecule has 0 saturated heterocycles. The number of aliphatic carboxylic acids is 2. The molecule has 2 atom stereocenters. The standard InChI is InChI=1S/C17H20INO7S/c1-10(20)2-7-13(15(21)22)19-17(25)26-14(16(23)24)9-27-8-11-3-5-12(18)6-4-11/h3-6,13-14H,2,7-9H2,1H3,(H,19,25)(H,21,22)(H,23,24)/t13-,14-/m0/s1/i18-4. The molecular weight excluding hydrogens is 485 g/mol. The van der Waals surface area contributed by atoms with Crippen LogP contribution in [0.4, 0.5) is 4.79 Å². The number of ether oxygens (including phenoxy) is 1. The summed E-state index contributed by atoms with van der Waals surface area (Å²) in [7, 11) is 0. The molecular formula is C17H20INO7S. The number of nitrogens with one attached hydrogen (secondary N) is 1. The zero-order chi connectivity index (χ0) is 20.4. The van der Waals surface area contributed by atoms with E-state index >= 15 is 0 Å². The van der Waals surface area contributed by atoms with Gasteiger partial charge in [-0.3, -0.25) is 0 Å². The number of thioether (sulfide) groups is 1. The molecule has 1 rings (SSSR count). The second-order valence-electron chi connectivity index (χ2n) is 5.65. The number of hydrogen-bond acceptors (Lipinski definition) is 6. The van der Waals surface area contributed by atoms with Crippen LogP contribution in [0.2, 0.25) is 0 Å². The molecule has 1 aromatic carbocycles. The number of hydrogen-bond donors (Lipinski definition) is 3. The van der Waals surface area contributed by atoms with Crippen molar-refractivity contribution in [3.8, 4) is 0 Å². The van der Waals surface area contributed by atoms with Crippen molar-refractivity contribution >= 4 is 58.2 Å². The summed E-state index contributed by atoms with van der Waals surface area (Å²) in [6, 6.07) is 6.38. The maximum Gasteiger partial charge on any atom is 0.408 e. The van der Waals surface area contributed by atoms with Crippen molar-refractivity contribution in [2.75, 3.05) is 5.75 Å². The molecule has 0 saturated carbocycles. The number of benzene rings is 1. The van der Waals surface area contributed by atoms with E-state index in [-0.39, 0.29) is 24.4 Å². The van der Waals surface area contributed by atoms with Crippen LogP contribution in [0.3, 0.4) is 0 Å². The van der Waals surface area contributed by atoms with Gasteiger partial charge in [-0.25, -0.2) is 14.4 Å². The van der Waals surface area contributed by atoms with Gasteiger partial charge in [-0.15, -0.1) is 0 Å². The monoisotopic (exact) mass is 505 g/mol. The van der Waals surface area contributed by atoms with Gasteiger partial charge in [0.2, 0.25) is 6.10 Å². The molecule has 0 aliphatic heterocycles. The minimum absolute atomic E-state index is 0.0138. The van der Waals surface area contributed by atoms with Crippen LogP contribution in [0, 0.1) is 3.57 Å². The van der Waals surface area contributed by atoms with Gasteiger partial charge in [-0.1, -0.05) is 12.1 Å². The van der Waals surface area contributed by atoms with Crippen LogP contribution < -0.4 is 5.32 Å². The van der Waals surface area contributed by atoms with E-state index in [2.05, 4.69) is 27.9 Å². The lowest BCUT2D eigenvalue weighted by Crippen LogP contribution is -2.44. The molecule has 27 heavy (non-hydrogen) atoms. The highest BCUT2D eigenvalue weighted by molar-refractivity contribution is 14.1. The molecule has 0 bridgehead atoms. The Kier molecular flexibility index (Phi) is 10.1. The Hall–Kier alpha value is -1.82. The Bertz CT molecular complexity index is 680. The summed E-state index contributed by atoms with van der Waals surface area (Å²) in [5, 5.41) is 20.3. The molecule has 148 valence electrons. The molecule has 0 fully saturated rings. The van der Waals surface area contributed by atoms with E-state index < -0.39 is 30.2 Å². The van der Waals surface area contributed by atoms with Gasteiger partial charge in [-0.2, -0.15) is 11.8 Å². The number of carbonyl (C=O) groups is 4. The van der Waals surface area contributed by atoms with Gasteiger partial charge in [0.25, 0.3) is 0 Å². The van der Waals surface area contributed by atoms with Crippen molar-refractivity contribution in [3.63, 3.8) is 0 Å². The highest BCUT2D eigenvalue weighted by Gasteiger charge is 2.26. The Balaban J connectivity index is 2.52.